The van der Waals surface area contributed by atoms with Gasteiger partial charge in [-0.05, 0) is 29.1 Å². The first-order valence-corrected chi connectivity index (χ1v) is 5.74. The third kappa shape index (κ3) is 1.24. The third-order valence-corrected chi connectivity index (χ3v) is 5.06. The molecule has 1 aliphatic carbocycles. The average Bonchev–Trinajstić information content (AvgIpc) is 2.33. The van der Waals surface area contributed by atoms with E-state index in [-0.39, 0.29) is 0 Å². The van der Waals surface area contributed by atoms with Crippen LogP contribution in [0.1, 0.15) is 26.2 Å². The van der Waals surface area contributed by atoms with Gasteiger partial charge in [-0.3, -0.25) is 0 Å². The molecule has 0 aromatic rings. The molecule has 0 nitrogen and oxygen atoms in total. The highest BCUT2D eigenvalue weighted by atomic mass is 32.2. The molecule has 0 bridgehead atoms. The maximum Gasteiger partial charge on any atom is 0.0157 e. The van der Waals surface area contributed by atoms with Gasteiger partial charge in [0.05, 0.1) is 0 Å². The summed E-state index contributed by atoms with van der Waals surface area (Å²) in [6, 6.07) is 0. The van der Waals surface area contributed by atoms with Gasteiger partial charge in [0.1, 0.15) is 0 Å². The lowest BCUT2D eigenvalue weighted by Crippen LogP contribution is -2.04. The Bertz CT molecular complexity index is 172. The summed E-state index contributed by atoms with van der Waals surface area (Å²) in [6.45, 7) is 2.33. The summed E-state index contributed by atoms with van der Waals surface area (Å²) >= 11 is 4.22. The molecule has 0 amide bonds. The molecule has 0 saturated carbocycles. The first-order chi connectivity index (χ1) is 4.86. The summed E-state index contributed by atoms with van der Waals surface area (Å²) in [4.78, 5) is 3.42. The number of hydrogen-bond acceptors (Lipinski definition) is 2. The molecular formula is C8H12S2. The van der Waals surface area contributed by atoms with Crippen molar-refractivity contribution in [3.63, 3.8) is 0 Å². The maximum atomic E-state index is 2.33. The predicted molar refractivity (Wildman–Crippen MR) is 50.4 cm³/mol. The monoisotopic (exact) mass is 172 g/mol. The minimum Gasteiger partial charge on any atom is -0.129 e. The molecule has 1 aliphatic heterocycles. The van der Waals surface area contributed by atoms with Crippen molar-refractivity contribution in [2.75, 3.05) is 5.75 Å². The second kappa shape index (κ2) is 2.82. The smallest absolute Gasteiger partial charge is 0.0157 e. The van der Waals surface area contributed by atoms with E-state index in [1.807, 2.05) is 0 Å². The molecule has 1 unspecified atom stereocenters. The molecule has 56 valence electrons. The lowest BCUT2D eigenvalue weighted by molar-refractivity contribution is 0.921. The fourth-order valence-electron chi connectivity index (χ4n) is 1.46. The highest BCUT2D eigenvalue weighted by Gasteiger charge is 2.22. The molecule has 0 spiro atoms. The Kier molecular flexibility index (Phi) is 2.01. The minimum atomic E-state index is 0.863. The molecule has 0 radical (unpaired) electrons. The van der Waals surface area contributed by atoms with Gasteiger partial charge in [-0.1, -0.05) is 6.92 Å². The van der Waals surface area contributed by atoms with Crippen molar-refractivity contribution >= 4 is 23.5 Å². The Hall–Kier alpha value is 0.440. The van der Waals surface area contributed by atoms with Crippen LogP contribution in [0.2, 0.25) is 0 Å². The van der Waals surface area contributed by atoms with E-state index in [0.717, 1.165) is 5.25 Å². The highest BCUT2D eigenvalue weighted by molar-refractivity contribution is 8.10. The van der Waals surface area contributed by atoms with E-state index in [9.17, 15) is 0 Å². The average molecular weight is 172 g/mol. The number of allylic oxidation sites excluding steroid dienone is 2. The first-order valence-electron chi connectivity index (χ1n) is 3.88. The topological polar surface area (TPSA) is 0 Å². The molecule has 0 aromatic carbocycles. The van der Waals surface area contributed by atoms with Gasteiger partial charge >= 0.3 is 0 Å². The fraction of sp³-hybridized carbons (Fsp3) is 0.750. The van der Waals surface area contributed by atoms with Crippen molar-refractivity contribution in [2.45, 2.75) is 31.4 Å². The van der Waals surface area contributed by atoms with Gasteiger partial charge in [0.25, 0.3) is 0 Å². The normalized spacial score (nSPS) is 32.7. The highest BCUT2D eigenvalue weighted by Crippen LogP contribution is 2.46. The van der Waals surface area contributed by atoms with Crippen LogP contribution in [0.15, 0.2) is 9.81 Å². The summed E-state index contributed by atoms with van der Waals surface area (Å²) in [5.74, 6) is 1.34. The Morgan fingerprint density at radius 3 is 3.00 bits per heavy atom. The van der Waals surface area contributed by atoms with Crippen LogP contribution in [-0.4, -0.2) is 11.0 Å². The van der Waals surface area contributed by atoms with Crippen LogP contribution in [0, 0.1) is 0 Å². The van der Waals surface area contributed by atoms with Crippen molar-refractivity contribution in [3.05, 3.63) is 9.81 Å². The summed E-state index contributed by atoms with van der Waals surface area (Å²) in [5.41, 5.74) is 0. The predicted octanol–water partition coefficient (Wildman–Crippen LogP) is 3.25. The van der Waals surface area contributed by atoms with Gasteiger partial charge in [0.2, 0.25) is 0 Å². The van der Waals surface area contributed by atoms with Crippen LogP contribution < -0.4 is 0 Å². The van der Waals surface area contributed by atoms with Crippen molar-refractivity contribution in [2.24, 2.45) is 0 Å². The van der Waals surface area contributed by atoms with Crippen LogP contribution in [0.3, 0.4) is 0 Å². The van der Waals surface area contributed by atoms with E-state index in [0.29, 0.717) is 0 Å². The van der Waals surface area contributed by atoms with Crippen molar-refractivity contribution in [1.82, 2.24) is 0 Å². The van der Waals surface area contributed by atoms with Crippen LogP contribution in [0.25, 0.3) is 0 Å². The van der Waals surface area contributed by atoms with Crippen LogP contribution >= 0.6 is 23.5 Å². The van der Waals surface area contributed by atoms with Crippen molar-refractivity contribution < 1.29 is 0 Å². The van der Waals surface area contributed by atoms with E-state index in [4.69, 9.17) is 0 Å². The SMILES string of the molecule is CC1CSC2=C(CCC2)S1. The number of hydrogen-bond donors (Lipinski definition) is 0. The molecule has 2 aliphatic rings. The molecule has 1 atom stereocenters. The first kappa shape index (κ1) is 7.11. The maximum absolute atomic E-state index is 2.33. The van der Waals surface area contributed by atoms with Crippen molar-refractivity contribution in [1.29, 1.82) is 0 Å². The molecular weight excluding hydrogens is 160 g/mol. The molecule has 2 rings (SSSR count). The van der Waals surface area contributed by atoms with Gasteiger partial charge in [-0.15, -0.1) is 23.5 Å². The lowest BCUT2D eigenvalue weighted by atomic mass is 10.4. The minimum absolute atomic E-state index is 0.863. The quantitative estimate of drug-likeness (QED) is 0.550. The largest absolute Gasteiger partial charge is 0.129 e. The molecule has 0 N–H and O–H groups in total. The third-order valence-electron chi connectivity index (χ3n) is 1.95. The molecule has 1 heterocycles. The van der Waals surface area contributed by atoms with Gasteiger partial charge in [0, 0.05) is 11.0 Å². The Morgan fingerprint density at radius 2 is 2.10 bits per heavy atom. The molecule has 0 fully saturated rings. The van der Waals surface area contributed by atoms with E-state index >= 15 is 0 Å². The van der Waals surface area contributed by atoms with Crippen LogP contribution in [0.5, 0.6) is 0 Å². The number of rotatable bonds is 0. The van der Waals surface area contributed by atoms with Gasteiger partial charge in [0.15, 0.2) is 0 Å². The fourth-order valence-corrected chi connectivity index (χ4v) is 4.23. The van der Waals surface area contributed by atoms with Gasteiger partial charge in [-0.2, -0.15) is 0 Å². The molecule has 0 saturated heterocycles. The van der Waals surface area contributed by atoms with E-state index in [1.54, 1.807) is 9.81 Å². The Morgan fingerprint density at radius 1 is 1.30 bits per heavy atom. The zero-order valence-corrected chi connectivity index (χ0v) is 7.86. The number of thioether (sulfide) groups is 2. The summed E-state index contributed by atoms with van der Waals surface area (Å²) in [5, 5.41) is 0.863. The van der Waals surface area contributed by atoms with E-state index < -0.39 is 0 Å². The Labute approximate surface area is 70.8 Å². The van der Waals surface area contributed by atoms with Gasteiger partial charge in [-0.25, -0.2) is 0 Å². The summed E-state index contributed by atoms with van der Waals surface area (Å²) < 4.78 is 0. The zero-order valence-electron chi connectivity index (χ0n) is 6.22. The standard InChI is InChI=1S/C8H12S2/c1-6-5-9-7-3-2-4-8(7)10-6/h6H,2-5H2,1H3. The summed E-state index contributed by atoms with van der Waals surface area (Å²) in [6.07, 6.45) is 4.16. The zero-order chi connectivity index (χ0) is 6.97. The second-order valence-corrected chi connectivity index (χ2v) is 5.59. The van der Waals surface area contributed by atoms with Crippen molar-refractivity contribution in [3.8, 4) is 0 Å². The van der Waals surface area contributed by atoms with E-state index in [1.165, 1.54) is 25.0 Å². The van der Waals surface area contributed by atoms with Crippen LogP contribution in [0.4, 0.5) is 0 Å². The molecule has 2 heteroatoms. The van der Waals surface area contributed by atoms with Crippen LogP contribution in [-0.2, 0) is 0 Å². The lowest BCUT2D eigenvalue weighted by Gasteiger charge is -2.18. The Balaban J connectivity index is 2.13. The second-order valence-electron chi connectivity index (χ2n) is 2.94. The van der Waals surface area contributed by atoms with Gasteiger partial charge < -0.3 is 0 Å². The summed E-state index contributed by atoms with van der Waals surface area (Å²) in [7, 11) is 0. The molecule has 0 aromatic heterocycles. The van der Waals surface area contributed by atoms with E-state index in [2.05, 4.69) is 30.4 Å². The molecule has 10 heavy (non-hydrogen) atoms.